The van der Waals surface area contributed by atoms with Crippen LogP contribution in [0.1, 0.15) is 18.4 Å². The first-order valence-corrected chi connectivity index (χ1v) is 9.15. The molecule has 0 aliphatic heterocycles. The van der Waals surface area contributed by atoms with Gasteiger partial charge < -0.3 is 16.8 Å². The van der Waals surface area contributed by atoms with Crippen molar-refractivity contribution < 1.29 is 0 Å². The number of aliphatic imine (C=N–C) groups is 1. The van der Waals surface area contributed by atoms with Crippen molar-refractivity contribution in [2.75, 3.05) is 13.1 Å². The van der Waals surface area contributed by atoms with E-state index in [-0.39, 0.29) is 30.8 Å². The molecule has 148 valence electrons. The molecule has 0 unspecified atom stereocenters. The first-order valence-electron chi connectivity index (χ1n) is 9.15. The molecule has 0 saturated heterocycles. The largest absolute Gasteiger partial charge is 0.370 e. The molecule has 0 spiro atoms. The Bertz CT molecular complexity index is 1060. The lowest BCUT2D eigenvalue weighted by atomic mass is 9.92. The van der Waals surface area contributed by atoms with Crippen LogP contribution in [-0.4, -0.2) is 19.0 Å². The van der Waals surface area contributed by atoms with Gasteiger partial charge in [-0.25, -0.2) is 0 Å². The highest BCUT2D eigenvalue weighted by Gasteiger charge is 2.10. The topological polar surface area (TPSA) is 76.4 Å². The number of halogens is 2. The average Bonchev–Trinajstić information content (AvgIpc) is 2.66. The van der Waals surface area contributed by atoms with E-state index in [4.69, 9.17) is 11.5 Å². The molecule has 4 aromatic carbocycles. The fourth-order valence-electron chi connectivity index (χ4n) is 3.74. The number of nitrogens with zero attached hydrogens (tertiary/aromatic N) is 1. The lowest BCUT2D eigenvalue weighted by Crippen LogP contribution is -2.23. The first kappa shape index (κ1) is 22.0. The summed E-state index contributed by atoms with van der Waals surface area (Å²) in [4.78, 5) is 4.01. The fraction of sp³-hybridized carbons (Fsp3) is 0.227. The molecule has 5 N–H and O–H groups in total. The number of nitrogens with two attached hydrogens (primary N) is 2. The zero-order chi connectivity index (χ0) is 17.9. The van der Waals surface area contributed by atoms with Gasteiger partial charge in [0.25, 0.3) is 0 Å². The van der Waals surface area contributed by atoms with Crippen molar-refractivity contribution in [3.8, 4) is 0 Å². The van der Waals surface area contributed by atoms with Crippen LogP contribution < -0.4 is 16.8 Å². The summed E-state index contributed by atoms with van der Waals surface area (Å²) < 4.78 is 0. The number of benzene rings is 4. The standard InChI is InChI=1S/C22H24N4.2ClH/c23-22(24)26-13-2-1-12-25-14-18-9-8-17-7-6-15-4-3-5-16-10-11-19(18)21(17)20(15)16;;/h3-11,25H,1-2,12-14H2,(H4,23,24,26);2*1H. The second-order valence-corrected chi connectivity index (χ2v) is 6.77. The predicted octanol–water partition coefficient (Wildman–Crippen LogP) is 4.57. The maximum atomic E-state index is 5.34. The Kier molecular flexibility index (Phi) is 7.69. The van der Waals surface area contributed by atoms with E-state index in [1.165, 1.54) is 37.9 Å². The van der Waals surface area contributed by atoms with Crippen LogP contribution in [0.3, 0.4) is 0 Å². The molecule has 0 amide bonds. The predicted molar refractivity (Wildman–Crippen MR) is 126 cm³/mol. The molecular formula is C22H26Cl2N4. The molecule has 28 heavy (non-hydrogen) atoms. The van der Waals surface area contributed by atoms with Crippen molar-refractivity contribution in [2.24, 2.45) is 16.5 Å². The van der Waals surface area contributed by atoms with Gasteiger partial charge in [0.05, 0.1) is 0 Å². The Labute approximate surface area is 177 Å². The average molecular weight is 417 g/mol. The molecule has 6 heteroatoms. The molecule has 0 aliphatic carbocycles. The fourth-order valence-corrected chi connectivity index (χ4v) is 3.74. The van der Waals surface area contributed by atoms with Gasteiger partial charge in [-0.3, -0.25) is 4.99 Å². The molecule has 0 atom stereocenters. The minimum atomic E-state index is 0. The molecule has 0 fully saturated rings. The summed E-state index contributed by atoms with van der Waals surface area (Å²) in [5, 5.41) is 11.6. The lowest BCUT2D eigenvalue weighted by molar-refractivity contribution is 0.629. The Balaban J connectivity index is 0.00000140. The van der Waals surface area contributed by atoms with Gasteiger partial charge in [-0.05, 0) is 57.3 Å². The normalized spacial score (nSPS) is 10.7. The van der Waals surface area contributed by atoms with Gasteiger partial charge in [-0.1, -0.05) is 54.6 Å². The summed E-state index contributed by atoms with van der Waals surface area (Å²) in [7, 11) is 0. The van der Waals surface area contributed by atoms with Crippen LogP contribution >= 0.6 is 24.8 Å². The van der Waals surface area contributed by atoms with Gasteiger partial charge >= 0.3 is 0 Å². The number of nitrogens with one attached hydrogen (secondary N) is 1. The number of guanidine groups is 1. The highest BCUT2D eigenvalue weighted by atomic mass is 35.5. The quantitative estimate of drug-likeness (QED) is 0.178. The summed E-state index contributed by atoms with van der Waals surface area (Å²) in [5.74, 6) is 0.173. The summed E-state index contributed by atoms with van der Waals surface area (Å²) in [6.07, 6.45) is 2.05. The Morgan fingerprint density at radius 3 is 2.14 bits per heavy atom. The lowest BCUT2D eigenvalue weighted by Gasteiger charge is -2.14. The summed E-state index contributed by atoms with van der Waals surface area (Å²) in [5.41, 5.74) is 12.0. The molecule has 0 saturated carbocycles. The van der Waals surface area contributed by atoms with Crippen molar-refractivity contribution in [1.29, 1.82) is 0 Å². The van der Waals surface area contributed by atoms with Crippen molar-refractivity contribution in [3.05, 3.63) is 60.2 Å². The first-order chi connectivity index (χ1) is 12.7. The molecular weight excluding hydrogens is 391 g/mol. The van der Waals surface area contributed by atoms with Gasteiger partial charge in [0.2, 0.25) is 0 Å². The van der Waals surface area contributed by atoms with Crippen molar-refractivity contribution >= 4 is 63.1 Å². The number of hydrogen-bond acceptors (Lipinski definition) is 2. The molecule has 4 rings (SSSR count). The Morgan fingerprint density at radius 2 is 1.43 bits per heavy atom. The van der Waals surface area contributed by atoms with Gasteiger partial charge in [0, 0.05) is 13.1 Å². The number of rotatable bonds is 7. The number of hydrogen-bond donors (Lipinski definition) is 3. The third-order valence-corrected chi connectivity index (χ3v) is 4.99. The molecule has 0 heterocycles. The summed E-state index contributed by atoms with van der Waals surface area (Å²) in [6, 6.07) is 20.0. The zero-order valence-electron chi connectivity index (χ0n) is 15.7. The van der Waals surface area contributed by atoms with E-state index in [1.807, 2.05) is 0 Å². The van der Waals surface area contributed by atoms with E-state index in [0.29, 0.717) is 6.54 Å². The van der Waals surface area contributed by atoms with E-state index in [2.05, 4.69) is 64.9 Å². The van der Waals surface area contributed by atoms with Gasteiger partial charge in [0.1, 0.15) is 0 Å². The third-order valence-electron chi connectivity index (χ3n) is 4.99. The molecule has 0 aliphatic rings. The maximum Gasteiger partial charge on any atom is 0.185 e. The second kappa shape index (κ2) is 9.78. The van der Waals surface area contributed by atoms with E-state index >= 15 is 0 Å². The van der Waals surface area contributed by atoms with Crippen LogP contribution in [0.15, 0.2) is 59.6 Å². The minimum Gasteiger partial charge on any atom is -0.370 e. The SMILES string of the molecule is Cl.Cl.NC(N)=NCCCCNCc1ccc2ccc3cccc4ccc1c2c34. The van der Waals surface area contributed by atoms with Crippen LogP contribution in [0.25, 0.3) is 32.3 Å². The van der Waals surface area contributed by atoms with E-state index in [9.17, 15) is 0 Å². The zero-order valence-corrected chi connectivity index (χ0v) is 17.3. The van der Waals surface area contributed by atoms with Crippen LogP contribution in [-0.2, 0) is 6.54 Å². The molecule has 0 radical (unpaired) electrons. The van der Waals surface area contributed by atoms with E-state index in [1.54, 1.807) is 0 Å². The van der Waals surface area contributed by atoms with Crippen LogP contribution in [0.2, 0.25) is 0 Å². The van der Waals surface area contributed by atoms with Crippen molar-refractivity contribution in [1.82, 2.24) is 5.32 Å². The molecule has 4 nitrogen and oxygen atoms in total. The highest BCUT2D eigenvalue weighted by Crippen LogP contribution is 2.35. The highest BCUT2D eigenvalue weighted by molar-refractivity contribution is 6.23. The smallest absolute Gasteiger partial charge is 0.185 e. The van der Waals surface area contributed by atoms with E-state index in [0.717, 1.165) is 25.9 Å². The van der Waals surface area contributed by atoms with Gasteiger partial charge in [-0.2, -0.15) is 0 Å². The van der Waals surface area contributed by atoms with Crippen LogP contribution in [0, 0.1) is 0 Å². The Morgan fingerprint density at radius 1 is 0.786 bits per heavy atom. The molecule has 4 aromatic rings. The van der Waals surface area contributed by atoms with Crippen LogP contribution in [0.4, 0.5) is 0 Å². The van der Waals surface area contributed by atoms with Crippen molar-refractivity contribution in [3.63, 3.8) is 0 Å². The molecule has 0 aromatic heterocycles. The van der Waals surface area contributed by atoms with Crippen LogP contribution in [0.5, 0.6) is 0 Å². The Hall–Kier alpha value is -2.27. The summed E-state index contributed by atoms with van der Waals surface area (Å²) in [6.45, 7) is 2.53. The van der Waals surface area contributed by atoms with E-state index < -0.39 is 0 Å². The number of unbranched alkanes of at least 4 members (excludes halogenated alkanes) is 1. The molecule has 0 bridgehead atoms. The second-order valence-electron chi connectivity index (χ2n) is 6.77. The monoisotopic (exact) mass is 416 g/mol. The minimum absolute atomic E-state index is 0. The van der Waals surface area contributed by atoms with Crippen molar-refractivity contribution in [2.45, 2.75) is 19.4 Å². The summed E-state index contributed by atoms with van der Waals surface area (Å²) >= 11 is 0. The van der Waals surface area contributed by atoms with Gasteiger partial charge in [-0.15, -0.1) is 24.8 Å². The van der Waals surface area contributed by atoms with Gasteiger partial charge in [0.15, 0.2) is 5.96 Å². The third kappa shape index (κ3) is 4.41. The maximum absolute atomic E-state index is 5.34.